The van der Waals surface area contributed by atoms with Gasteiger partial charge in [-0.1, -0.05) is 0 Å². The zero-order valence-electron chi connectivity index (χ0n) is 7.84. The fourth-order valence-corrected chi connectivity index (χ4v) is 1.13. The average Bonchev–Trinajstić information content (AvgIpc) is 2.59. The smallest absolute Gasteiger partial charge is 0.354 e. The van der Waals surface area contributed by atoms with E-state index in [0.29, 0.717) is 5.58 Å². The summed E-state index contributed by atoms with van der Waals surface area (Å²) in [5.41, 5.74) is 0.439. The Morgan fingerprint density at radius 1 is 1.47 bits per heavy atom. The molecule has 6 nitrogen and oxygen atoms in total. The minimum Gasteiger partial charge on any atom is -0.477 e. The molecule has 0 saturated heterocycles. The summed E-state index contributed by atoms with van der Waals surface area (Å²) in [6, 6.07) is 2.78. The highest BCUT2D eigenvalue weighted by molar-refractivity contribution is 5.87. The van der Waals surface area contributed by atoms with Crippen LogP contribution in [0.3, 0.4) is 0 Å². The molecule has 2 N–H and O–H groups in total. The summed E-state index contributed by atoms with van der Waals surface area (Å²) in [5, 5.41) is 17.9. The molecule has 0 bridgehead atoms. The molecular weight excluding hydrogens is 200 g/mol. The third kappa shape index (κ3) is 1.66. The van der Waals surface area contributed by atoms with E-state index in [1.165, 1.54) is 19.1 Å². The molecule has 15 heavy (non-hydrogen) atoms. The summed E-state index contributed by atoms with van der Waals surface area (Å²) in [5.74, 6) is -1.00. The van der Waals surface area contributed by atoms with Crippen LogP contribution in [0.4, 0.5) is 0 Å². The number of nitrogens with zero attached hydrogens (tertiary/aromatic N) is 2. The highest BCUT2D eigenvalue weighted by Gasteiger charge is 2.13. The Kier molecular flexibility index (Phi) is 2.12. The number of fused-ring (bicyclic) bond motifs is 1. The maximum absolute atomic E-state index is 10.6. The Balaban J connectivity index is 2.57. The van der Waals surface area contributed by atoms with Crippen LogP contribution in [0.2, 0.25) is 0 Å². The van der Waals surface area contributed by atoms with Gasteiger partial charge in [0, 0.05) is 0 Å². The Morgan fingerprint density at radius 2 is 2.20 bits per heavy atom. The lowest BCUT2D eigenvalue weighted by Crippen LogP contribution is -1.99. The Bertz CT molecular complexity index is 518. The van der Waals surface area contributed by atoms with Crippen molar-refractivity contribution in [2.45, 2.75) is 13.0 Å². The van der Waals surface area contributed by atoms with E-state index in [9.17, 15) is 9.90 Å². The maximum Gasteiger partial charge on any atom is 0.354 e. The molecule has 0 aliphatic rings. The molecule has 0 amide bonds. The van der Waals surface area contributed by atoms with Crippen molar-refractivity contribution >= 4 is 17.2 Å². The van der Waals surface area contributed by atoms with Crippen LogP contribution >= 0.6 is 0 Å². The molecule has 1 atom stereocenters. The highest BCUT2D eigenvalue weighted by atomic mass is 16.4. The van der Waals surface area contributed by atoms with Crippen LogP contribution in [0.25, 0.3) is 11.2 Å². The summed E-state index contributed by atoms with van der Waals surface area (Å²) in [7, 11) is 0. The van der Waals surface area contributed by atoms with Crippen molar-refractivity contribution in [2.75, 3.05) is 0 Å². The summed E-state index contributed by atoms with van der Waals surface area (Å²) < 4.78 is 5.15. The van der Waals surface area contributed by atoms with E-state index >= 15 is 0 Å². The van der Waals surface area contributed by atoms with Gasteiger partial charge >= 0.3 is 5.97 Å². The Labute approximate surface area is 84.2 Å². The molecular formula is C9H8N2O4. The summed E-state index contributed by atoms with van der Waals surface area (Å²) in [6.45, 7) is 1.50. The Morgan fingerprint density at radius 3 is 2.80 bits per heavy atom. The van der Waals surface area contributed by atoms with Gasteiger partial charge in [0.15, 0.2) is 16.9 Å². The van der Waals surface area contributed by atoms with Crippen LogP contribution in [0.5, 0.6) is 0 Å². The van der Waals surface area contributed by atoms with E-state index in [2.05, 4.69) is 9.97 Å². The number of aliphatic hydroxyl groups is 1. The van der Waals surface area contributed by atoms with Gasteiger partial charge in [0.25, 0.3) is 0 Å². The molecule has 0 fully saturated rings. The van der Waals surface area contributed by atoms with Crippen LogP contribution in [0.1, 0.15) is 29.4 Å². The molecule has 0 saturated carbocycles. The number of aromatic carboxylic acids is 1. The van der Waals surface area contributed by atoms with E-state index in [4.69, 9.17) is 9.52 Å². The lowest BCUT2D eigenvalue weighted by Gasteiger charge is -1.92. The fourth-order valence-electron chi connectivity index (χ4n) is 1.13. The summed E-state index contributed by atoms with van der Waals surface area (Å²) in [6.07, 6.45) is -0.840. The van der Waals surface area contributed by atoms with E-state index in [1.54, 1.807) is 0 Å². The SMILES string of the molecule is C[C@H](O)c1nc2nc(C(=O)O)ccc2o1. The monoisotopic (exact) mass is 208 g/mol. The van der Waals surface area contributed by atoms with E-state index in [-0.39, 0.29) is 17.2 Å². The number of carboxylic acids is 1. The third-order valence-electron chi connectivity index (χ3n) is 1.85. The van der Waals surface area contributed by atoms with Gasteiger partial charge in [0.05, 0.1) is 0 Å². The number of carbonyl (C=O) groups is 1. The minimum absolute atomic E-state index is 0.104. The third-order valence-corrected chi connectivity index (χ3v) is 1.85. The number of aromatic nitrogens is 2. The van der Waals surface area contributed by atoms with Gasteiger partial charge in [0.2, 0.25) is 5.89 Å². The van der Waals surface area contributed by atoms with Crippen molar-refractivity contribution in [2.24, 2.45) is 0 Å². The van der Waals surface area contributed by atoms with Crippen molar-refractivity contribution in [3.05, 3.63) is 23.7 Å². The number of carboxylic acid groups (broad SMARTS) is 1. The molecule has 0 aliphatic heterocycles. The largest absolute Gasteiger partial charge is 0.477 e. The van der Waals surface area contributed by atoms with Gasteiger partial charge in [-0.2, -0.15) is 4.98 Å². The first-order chi connectivity index (χ1) is 7.08. The van der Waals surface area contributed by atoms with Gasteiger partial charge in [-0.3, -0.25) is 0 Å². The average molecular weight is 208 g/mol. The molecule has 0 aromatic carbocycles. The standard InChI is InChI=1S/C9H8N2O4/c1-4(12)8-11-7-6(15-8)3-2-5(10-7)9(13)14/h2-4,12H,1H3,(H,13,14)/t4-/m0/s1. The first kappa shape index (κ1) is 9.60. The highest BCUT2D eigenvalue weighted by Crippen LogP contribution is 2.18. The molecule has 78 valence electrons. The van der Waals surface area contributed by atoms with Gasteiger partial charge in [-0.15, -0.1) is 0 Å². The molecule has 0 aliphatic carbocycles. The summed E-state index contributed by atoms with van der Waals surface area (Å²) >= 11 is 0. The zero-order valence-corrected chi connectivity index (χ0v) is 7.84. The quantitative estimate of drug-likeness (QED) is 0.763. The number of rotatable bonds is 2. The lowest BCUT2D eigenvalue weighted by atomic mass is 10.3. The van der Waals surface area contributed by atoms with Gasteiger partial charge in [0.1, 0.15) is 6.10 Å². The number of hydrogen-bond acceptors (Lipinski definition) is 5. The van der Waals surface area contributed by atoms with Gasteiger partial charge in [-0.05, 0) is 19.1 Å². The number of oxazole rings is 1. The van der Waals surface area contributed by atoms with Gasteiger partial charge in [-0.25, -0.2) is 9.78 Å². The molecule has 0 unspecified atom stereocenters. The lowest BCUT2D eigenvalue weighted by molar-refractivity contribution is 0.0691. The molecule has 6 heteroatoms. The van der Waals surface area contributed by atoms with Crippen LogP contribution in [-0.2, 0) is 0 Å². The molecule has 0 radical (unpaired) electrons. The first-order valence-electron chi connectivity index (χ1n) is 4.27. The van der Waals surface area contributed by atoms with Gasteiger partial charge < -0.3 is 14.6 Å². The van der Waals surface area contributed by atoms with E-state index in [0.717, 1.165) is 0 Å². The van der Waals surface area contributed by atoms with Crippen molar-refractivity contribution in [1.29, 1.82) is 0 Å². The van der Waals surface area contributed by atoms with Crippen LogP contribution in [0.15, 0.2) is 16.5 Å². The predicted molar refractivity (Wildman–Crippen MR) is 49.4 cm³/mol. The molecule has 0 spiro atoms. The normalized spacial score (nSPS) is 12.9. The first-order valence-corrected chi connectivity index (χ1v) is 4.27. The van der Waals surface area contributed by atoms with E-state index < -0.39 is 12.1 Å². The van der Waals surface area contributed by atoms with Crippen LogP contribution in [0, 0.1) is 0 Å². The second-order valence-corrected chi connectivity index (χ2v) is 3.05. The number of pyridine rings is 1. The molecule has 2 rings (SSSR count). The molecule has 2 heterocycles. The topological polar surface area (TPSA) is 96.5 Å². The van der Waals surface area contributed by atoms with Crippen molar-refractivity contribution in [1.82, 2.24) is 9.97 Å². The number of hydrogen-bond donors (Lipinski definition) is 2. The second kappa shape index (κ2) is 3.32. The van der Waals surface area contributed by atoms with Crippen molar-refractivity contribution in [3.8, 4) is 0 Å². The molecule has 2 aromatic heterocycles. The Hall–Kier alpha value is -1.95. The van der Waals surface area contributed by atoms with Crippen molar-refractivity contribution < 1.29 is 19.4 Å². The fraction of sp³-hybridized carbons (Fsp3) is 0.222. The van der Waals surface area contributed by atoms with Crippen LogP contribution in [-0.4, -0.2) is 26.2 Å². The van der Waals surface area contributed by atoms with Crippen LogP contribution < -0.4 is 0 Å². The minimum atomic E-state index is -1.13. The molecule has 2 aromatic rings. The second-order valence-electron chi connectivity index (χ2n) is 3.05. The zero-order chi connectivity index (χ0) is 11.0. The summed E-state index contributed by atoms with van der Waals surface area (Å²) in [4.78, 5) is 18.2. The number of aliphatic hydroxyl groups excluding tert-OH is 1. The van der Waals surface area contributed by atoms with Crippen molar-refractivity contribution in [3.63, 3.8) is 0 Å². The maximum atomic E-state index is 10.6. The van der Waals surface area contributed by atoms with E-state index in [1.807, 2.05) is 0 Å². The predicted octanol–water partition coefficient (Wildman–Crippen LogP) is 0.974.